The Kier molecular flexibility index (Phi) is 7.41. The molecule has 1 heterocycles. The summed E-state index contributed by atoms with van der Waals surface area (Å²) in [5.41, 5.74) is 6.66. The molecule has 3 rings (SSSR count). The zero-order valence-corrected chi connectivity index (χ0v) is 21.0. The number of carbonyl (C=O) groups is 1. The summed E-state index contributed by atoms with van der Waals surface area (Å²) in [5, 5.41) is 29.1. The smallest absolute Gasteiger partial charge is 0.337 e. The molecular formula is C24H24ClN3O3S2. The number of aromatic hydroxyl groups is 1. The molecule has 172 valence electrons. The molecule has 0 bridgehead atoms. The average molecular weight is 502 g/mol. The van der Waals surface area contributed by atoms with E-state index in [0.29, 0.717) is 17.0 Å². The summed E-state index contributed by atoms with van der Waals surface area (Å²) < 4.78 is 0. The molecule has 1 aromatic heterocycles. The summed E-state index contributed by atoms with van der Waals surface area (Å²) in [6, 6.07) is 12.6. The summed E-state index contributed by atoms with van der Waals surface area (Å²) in [6.07, 6.45) is 0. The number of halogens is 1. The zero-order valence-electron chi connectivity index (χ0n) is 18.6. The van der Waals surface area contributed by atoms with Crippen LogP contribution in [0.5, 0.6) is 5.75 Å². The van der Waals surface area contributed by atoms with Crippen LogP contribution in [-0.2, 0) is 5.41 Å². The molecule has 9 heteroatoms. The van der Waals surface area contributed by atoms with E-state index in [1.54, 1.807) is 13.0 Å². The van der Waals surface area contributed by atoms with E-state index in [9.17, 15) is 9.90 Å². The normalized spacial score (nSPS) is 11.8. The van der Waals surface area contributed by atoms with Gasteiger partial charge in [0.25, 0.3) is 0 Å². The van der Waals surface area contributed by atoms with Crippen molar-refractivity contribution >= 4 is 57.6 Å². The van der Waals surface area contributed by atoms with E-state index in [4.69, 9.17) is 28.9 Å². The lowest BCUT2D eigenvalue weighted by atomic mass is 9.86. The van der Waals surface area contributed by atoms with Gasteiger partial charge in [-0.1, -0.05) is 56.6 Å². The third kappa shape index (κ3) is 5.90. The number of rotatable bonds is 5. The van der Waals surface area contributed by atoms with Crippen LogP contribution in [-0.4, -0.2) is 27.0 Å². The van der Waals surface area contributed by atoms with Crippen molar-refractivity contribution in [1.29, 1.82) is 0 Å². The average Bonchev–Trinajstić information content (AvgIpc) is 3.12. The highest BCUT2D eigenvalue weighted by Gasteiger charge is 2.17. The Labute approximate surface area is 206 Å². The number of carboxylic acid groups (broad SMARTS) is 1. The third-order valence-corrected chi connectivity index (χ3v) is 6.47. The van der Waals surface area contributed by atoms with E-state index in [0.717, 1.165) is 10.4 Å². The fraction of sp³-hybridized carbons (Fsp3) is 0.208. The maximum absolute atomic E-state index is 11.1. The van der Waals surface area contributed by atoms with Crippen molar-refractivity contribution in [3.8, 4) is 16.2 Å². The Morgan fingerprint density at radius 1 is 1.12 bits per heavy atom. The van der Waals surface area contributed by atoms with Crippen molar-refractivity contribution in [3.05, 3.63) is 69.6 Å². The van der Waals surface area contributed by atoms with Crippen molar-refractivity contribution in [2.45, 2.75) is 33.1 Å². The van der Waals surface area contributed by atoms with Gasteiger partial charge in [0.1, 0.15) is 5.75 Å². The Balaban J connectivity index is 1.70. The minimum Gasteiger partial charge on any atom is -0.506 e. The number of aromatic carboxylic acids is 1. The quantitative estimate of drug-likeness (QED) is 0.181. The molecule has 0 spiro atoms. The molecule has 0 aliphatic rings. The number of nitrogens with zero attached hydrogens (tertiary/aromatic N) is 1. The van der Waals surface area contributed by atoms with E-state index in [-0.39, 0.29) is 26.9 Å². The first kappa shape index (κ1) is 24.7. The molecule has 0 amide bonds. The van der Waals surface area contributed by atoms with E-state index in [1.165, 1.54) is 29.0 Å². The number of nitrogens with one attached hydrogen (secondary N) is 2. The summed E-state index contributed by atoms with van der Waals surface area (Å²) in [7, 11) is 0. The van der Waals surface area contributed by atoms with Crippen LogP contribution in [0.4, 0.5) is 5.69 Å². The Morgan fingerprint density at radius 3 is 2.36 bits per heavy atom. The summed E-state index contributed by atoms with van der Waals surface area (Å²) in [4.78, 5) is 11.8. The lowest BCUT2D eigenvalue weighted by Gasteiger charge is -2.19. The molecular weight excluding hydrogens is 478 g/mol. The van der Waals surface area contributed by atoms with Crippen LogP contribution in [0.15, 0.2) is 52.9 Å². The van der Waals surface area contributed by atoms with E-state index >= 15 is 0 Å². The predicted octanol–water partition coefficient (Wildman–Crippen LogP) is 6.48. The topological polar surface area (TPSA) is 94.0 Å². The number of hydrogen-bond donors (Lipinski definition) is 4. The summed E-state index contributed by atoms with van der Waals surface area (Å²) in [5.74, 6) is -0.936. The first-order valence-electron chi connectivity index (χ1n) is 10.0. The minimum absolute atomic E-state index is 0.00624. The van der Waals surface area contributed by atoms with Gasteiger partial charge in [-0.15, -0.1) is 11.3 Å². The molecule has 0 aliphatic carbocycles. The third-order valence-electron chi connectivity index (χ3n) is 4.95. The van der Waals surface area contributed by atoms with E-state index in [2.05, 4.69) is 48.7 Å². The first-order valence-corrected chi connectivity index (χ1v) is 11.7. The van der Waals surface area contributed by atoms with E-state index in [1.807, 2.05) is 17.5 Å². The monoisotopic (exact) mass is 501 g/mol. The van der Waals surface area contributed by atoms with Gasteiger partial charge in [-0.25, -0.2) is 4.79 Å². The van der Waals surface area contributed by atoms with Crippen LogP contribution in [0, 0.1) is 0 Å². The van der Waals surface area contributed by atoms with Crippen LogP contribution in [0.25, 0.3) is 10.4 Å². The highest BCUT2D eigenvalue weighted by atomic mass is 35.5. The molecule has 0 saturated carbocycles. The van der Waals surface area contributed by atoms with Gasteiger partial charge in [-0.2, -0.15) is 5.10 Å². The van der Waals surface area contributed by atoms with Gasteiger partial charge in [0.05, 0.1) is 26.7 Å². The molecule has 0 fully saturated rings. The molecule has 0 saturated heterocycles. The second-order valence-corrected chi connectivity index (χ2v) is 10.1. The van der Waals surface area contributed by atoms with Crippen molar-refractivity contribution in [2.24, 2.45) is 5.10 Å². The van der Waals surface area contributed by atoms with Crippen LogP contribution < -0.4 is 10.7 Å². The SMILES string of the molecule is C/C(=N/NC(=S)Nc1ccc(C(=O)O)c(Cl)c1)c1csc(-c2ccc(C(C)(C)C)cc2)c1O. The van der Waals surface area contributed by atoms with Crippen molar-refractivity contribution in [3.63, 3.8) is 0 Å². The highest BCUT2D eigenvalue weighted by Crippen LogP contribution is 2.39. The maximum Gasteiger partial charge on any atom is 0.337 e. The predicted molar refractivity (Wildman–Crippen MR) is 140 cm³/mol. The second kappa shape index (κ2) is 9.91. The van der Waals surface area contributed by atoms with Crippen LogP contribution in [0.3, 0.4) is 0 Å². The fourth-order valence-corrected chi connectivity index (χ4v) is 4.49. The number of hydrogen-bond acceptors (Lipinski definition) is 5. The molecule has 0 radical (unpaired) electrons. The molecule has 0 unspecified atom stereocenters. The van der Waals surface area contributed by atoms with Crippen molar-refractivity contribution < 1.29 is 15.0 Å². The molecule has 3 aromatic rings. The van der Waals surface area contributed by atoms with Crippen LogP contribution in [0.2, 0.25) is 5.02 Å². The molecule has 0 aliphatic heterocycles. The zero-order chi connectivity index (χ0) is 24.3. The maximum atomic E-state index is 11.1. The minimum atomic E-state index is -1.10. The van der Waals surface area contributed by atoms with Crippen LogP contribution in [0.1, 0.15) is 49.2 Å². The van der Waals surface area contributed by atoms with Gasteiger partial charge in [0.15, 0.2) is 5.11 Å². The largest absolute Gasteiger partial charge is 0.506 e. The number of thiophene rings is 1. The summed E-state index contributed by atoms with van der Waals surface area (Å²) >= 11 is 12.7. The lowest BCUT2D eigenvalue weighted by molar-refractivity contribution is 0.0697. The Morgan fingerprint density at radius 2 is 1.79 bits per heavy atom. The van der Waals surface area contributed by atoms with Gasteiger partial charge < -0.3 is 15.5 Å². The Hall–Kier alpha value is -2.94. The van der Waals surface area contributed by atoms with E-state index < -0.39 is 5.97 Å². The number of carboxylic acids is 1. The number of anilines is 1. The molecule has 33 heavy (non-hydrogen) atoms. The highest BCUT2D eigenvalue weighted by molar-refractivity contribution is 7.80. The number of benzene rings is 2. The summed E-state index contributed by atoms with van der Waals surface area (Å²) in [6.45, 7) is 8.25. The lowest BCUT2D eigenvalue weighted by Crippen LogP contribution is -2.25. The van der Waals surface area contributed by atoms with Crippen molar-refractivity contribution in [1.82, 2.24) is 5.43 Å². The molecule has 2 aromatic carbocycles. The molecule has 4 N–H and O–H groups in total. The van der Waals surface area contributed by atoms with Gasteiger partial charge >= 0.3 is 5.97 Å². The van der Waals surface area contributed by atoms with Crippen molar-refractivity contribution in [2.75, 3.05) is 5.32 Å². The number of thiocarbonyl (C=S) groups is 1. The fourth-order valence-electron chi connectivity index (χ4n) is 3.05. The molecule has 0 atom stereocenters. The standard InChI is InChI=1S/C24H24ClN3O3S2/c1-13(27-28-23(32)26-16-9-10-17(22(30)31)19(25)11-16)18-12-33-21(20(18)29)14-5-7-15(8-6-14)24(2,3)4/h5-12,29H,1-4H3,(H,30,31)(H2,26,28,32)/b27-13-. The Bertz CT molecular complexity index is 1230. The van der Waals surface area contributed by atoms with Gasteiger partial charge in [-0.05, 0) is 53.9 Å². The second-order valence-electron chi connectivity index (χ2n) is 8.42. The number of hydrazone groups is 1. The van der Waals surface area contributed by atoms with Gasteiger partial charge in [-0.3, -0.25) is 5.43 Å². The molecule has 6 nitrogen and oxygen atoms in total. The van der Waals surface area contributed by atoms with Gasteiger partial charge in [0, 0.05) is 11.1 Å². The van der Waals surface area contributed by atoms with Crippen LogP contribution >= 0.6 is 35.2 Å². The van der Waals surface area contributed by atoms with Gasteiger partial charge in [0.2, 0.25) is 0 Å². The first-order chi connectivity index (χ1) is 15.5.